The molecule has 0 aromatic carbocycles. The van der Waals surface area contributed by atoms with E-state index in [0.29, 0.717) is 0 Å². The Morgan fingerprint density at radius 2 is 1.10 bits per heavy atom. The second-order valence-electron chi connectivity index (χ2n) is 5.99. The van der Waals surface area contributed by atoms with E-state index in [9.17, 15) is 0 Å². The lowest BCUT2D eigenvalue weighted by Crippen LogP contribution is -2.00. The van der Waals surface area contributed by atoms with Crippen molar-refractivity contribution >= 4 is 0 Å². The van der Waals surface area contributed by atoms with E-state index in [-0.39, 0.29) is 0 Å². The van der Waals surface area contributed by atoms with Crippen molar-refractivity contribution in [3.63, 3.8) is 0 Å². The van der Waals surface area contributed by atoms with Crippen molar-refractivity contribution in [1.29, 1.82) is 0 Å². The Labute approximate surface area is 133 Å². The van der Waals surface area contributed by atoms with Gasteiger partial charge < -0.3 is 0 Å². The molecule has 0 rings (SSSR count). The van der Waals surface area contributed by atoms with Crippen LogP contribution in [0.2, 0.25) is 0 Å². The van der Waals surface area contributed by atoms with Crippen LogP contribution in [0.25, 0.3) is 0 Å². The first-order chi connectivity index (χ1) is 9.40. The summed E-state index contributed by atoms with van der Waals surface area (Å²) >= 11 is 0. The second kappa shape index (κ2) is 27.4. The van der Waals surface area contributed by atoms with Gasteiger partial charge in [0.2, 0.25) is 0 Å². The van der Waals surface area contributed by atoms with Gasteiger partial charge in [-0.3, -0.25) is 0 Å². The fourth-order valence-electron chi connectivity index (χ4n) is 1.23. The molecule has 0 nitrogen and oxygen atoms in total. The minimum Gasteiger partial charge on any atom is -0.0683 e. The van der Waals surface area contributed by atoms with Crippen LogP contribution in [0.4, 0.5) is 0 Å². The van der Waals surface area contributed by atoms with Gasteiger partial charge >= 0.3 is 0 Å². The third-order valence-electron chi connectivity index (χ3n) is 3.53. The van der Waals surface area contributed by atoms with Crippen LogP contribution >= 0.6 is 0 Å². The van der Waals surface area contributed by atoms with Crippen molar-refractivity contribution in [2.75, 3.05) is 0 Å². The highest BCUT2D eigenvalue weighted by atomic mass is 14.1. The van der Waals surface area contributed by atoms with Gasteiger partial charge in [-0.15, -0.1) is 0 Å². The molecule has 0 saturated heterocycles. The van der Waals surface area contributed by atoms with Crippen molar-refractivity contribution in [2.45, 2.75) is 115 Å². The normalized spacial score (nSPS) is 12.0. The molecule has 2 unspecified atom stereocenters. The van der Waals surface area contributed by atoms with Gasteiger partial charge in [-0.25, -0.2) is 0 Å². The summed E-state index contributed by atoms with van der Waals surface area (Å²) in [5, 5.41) is 0. The molecule has 0 aromatic heterocycles. The zero-order chi connectivity index (χ0) is 17.0. The number of hydrogen-bond donors (Lipinski definition) is 0. The molecule has 128 valence electrons. The molecule has 0 spiro atoms. The summed E-state index contributed by atoms with van der Waals surface area (Å²) in [5.41, 5.74) is 0. The highest BCUT2D eigenvalue weighted by Crippen LogP contribution is 2.12. The van der Waals surface area contributed by atoms with Crippen LogP contribution in [-0.2, 0) is 0 Å². The predicted molar refractivity (Wildman–Crippen MR) is 101 cm³/mol. The van der Waals surface area contributed by atoms with E-state index in [2.05, 4.69) is 62.3 Å². The van der Waals surface area contributed by atoms with Crippen molar-refractivity contribution in [2.24, 2.45) is 17.8 Å². The third kappa shape index (κ3) is 36.1. The lowest BCUT2D eigenvalue weighted by molar-refractivity contribution is 0.407. The first-order valence-electron chi connectivity index (χ1n) is 9.40. The average Bonchev–Trinajstić information content (AvgIpc) is 2.47. The number of rotatable bonds is 6. The molecule has 2 atom stereocenters. The van der Waals surface area contributed by atoms with Gasteiger partial charge in [0, 0.05) is 0 Å². The Morgan fingerprint density at radius 1 is 0.700 bits per heavy atom. The molecule has 0 aliphatic carbocycles. The van der Waals surface area contributed by atoms with E-state index < -0.39 is 0 Å². The largest absolute Gasteiger partial charge is 0.0683 e. The molecule has 0 aliphatic rings. The Hall–Kier alpha value is 0. The second-order valence-corrected chi connectivity index (χ2v) is 5.99. The highest BCUT2D eigenvalue weighted by Gasteiger charge is 2.01. The molecule has 0 amide bonds. The maximum Gasteiger partial charge on any atom is -0.0422 e. The van der Waals surface area contributed by atoms with Crippen molar-refractivity contribution in [1.82, 2.24) is 0 Å². The van der Waals surface area contributed by atoms with E-state index >= 15 is 0 Å². The highest BCUT2D eigenvalue weighted by molar-refractivity contribution is 4.52. The molecule has 0 heterocycles. The Kier molecular flexibility index (Phi) is 38.6. The summed E-state index contributed by atoms with van der Waals surface area (Å²) in [6, 6.07) is 0. The van der Waals surface area contributed by atoms with Gasteiger partial charge in [-0.2, -0.15) is 0 Å². The minimum absolute atomic E-state index is 0.866. The quantitative estimate of drug-likeness (QED) is 0.460. The maximum absolute atomic E-state index is 2.33. The SMILES string of the molecule is CC.CCC.CCC(C)C(C)C.CCCCC(C)CC. The molecule has 20 heavy (non-hydrogen) atoms. The number of unbranched alkanes of at least 4 members (excludes halogenated alkanes) is 1. The van der Waals surface area contributed by atoms with Crippen LogP contribution < -0.4 is 0 Å². The van der Waals surface area contributed by atoms with Gasteiger partial charge in [0.25, 0.3) is 0 Å². The molecule has 0 saturated carbocycles. The molecule has 0 radical (unpaired) electrons. The van der Waals surface area contributed by atoms with E-state index in [1.54, 1.807) is 0 Å². The number of hydrogen-bond acceptors (Lipinski definition) is 0. The Bertz CT molecular complexity index is 115. The van der Waals surface area contributed by atoms with Crippen LogP contribution in [0.15, 0.2) is 0 Å². The predicted octanol–water partition coefficient (Wildman–Crippen LogP) is 8.35. The van der Waals surface area contributed by atoms with Crippen molar-refractivity contribution < 1.29 is 0 Å². The molecule has 0 aliphatic heterocycles. The molecular formula is C20H48. The Morgan fingerprint density at radius 3 is 1.25 bits per heavy atom. The van der Waals surface area contributed by atoms with Crippen LogP contribution in [0.5, 0.6) is 0 Å². The summed E-state index contributed by atoms with van der Waals surface area (Å²) in [6.45, 7) is 24.2. The van der Waals surface area contributed by atoms with Crippen LogP contribution in [0, 0.1) is 17.8 Å². The minimum atomic E-state index is 0.866. The van der Waals surface area contributed by atoms with Crippen LogP contribution in [0.1, 0.15) is 115 Å². The summed E-state index contributed by atoms with van der Waals surface area (Å²) in [7, 11) is 0. The van der Waals surface area contributed by atoms with Gasteiger partial charge in [-0.05, 0) is 17.8 Å². The first kappa shape index (κ1) is 28.2. The van der Waals surface area contributed by atoms with Crippen molar-refractivity contribution in [3.05, 3.63) is 0 Å². The zero-order valence-electron chi connectivity index (χ0n) is 17.0. The summed E-state index contributed by atoms with van der Waals surface area (Å²) in [4.78, 5) is 0. The standard InChI is InChI=1S/C8H18.C7H16.C3H8.C2H6/c1-4-6-7-8(3)5-2;1-5-7(4)6(2)3;1-3-2;1-2/h8H,4-7H2,1-3H3;6-7H,5H2,1-4H3;3H2,1-2H3;1-2H3. The van der Waals surface area contributed by atoms with E-state index in [1.807, 2.05) is 13.8 Å². The fourth-order valence-corrected chi connectivity index (χ4v) is 1.23. The molecule has 0 aromatic rings. The van der Waals surface area contributed by atoms with Crippen LogP contribution in [0.3, 0.4) is 0 Å². The molecule has 0 bridgehead atoms. The smallest absolute Gasteiger partial charge is 0.0422 e. The summed E-state index contributed by atoms with van der Waals surface area (Å²) in [5.74, 6) is 2.72. The van der Waals surface area contributed by atoms with Crippen LogP contribution in [-0.4, -0.2) is 0 Å². The average molecular weight is 289 g/mol. The topological polar surface area (TPSA) is 0 Å². The monoisotopic (exact) mass is 288 g/mol. The Balaban J connectivity index is -0.0000000974. The first-order valence-corrected chi connectivity index (χ1v) is 9.40. The van der Waals surface area contributed by atoms with E-state index in [0.717, 1.165) is 17.8 Å². The van der Waals surface area contributed by atoms with Gasteiger partial charge in [0.1, 0.15) is 0 Å². The molecule has 0 fully saturated rings. The van der Waals surface area contributed by atoms with E-state index in [4.69, 9.17) is 0 Å². The summed E-state index contributed by atoms with van der Waals surface area (Å²) < 4.78 is 0. The van der Waals surface area contributed by atoms with E-state index in [1.165, 1.54) is 38.5 Å². The summed E-state index contributed by atoms with van der Waals surface area (Å²) in [6.07, 6.45) is 8.10. The molecular weight excluding hydrogens is 240 g/mol. The van der Waals surface area contributed by atoms with Gasteiger partial charge in [0.05, 0.1) is 0 Å². The maximum atomic E-state index is 2.33. The lowest BCUT2D eigenvalue weighted by Gasteiger charge is -2.10. The lowest BCUT2D eigenvalue weighted by atomic mass is 9.96. The molecule has 0 heteroatoms. The zero-order valence-corrected chi connectivity index (χ0v) is 17.0. The van der Waals surface area contributed by atoms with Crippen molar-refractivity contribution in [3.8, 4) is 0 Å². The van der Waals surface area contributed by atoms with Gasteiger partial charge in [-0.1, -0.05) is 115 Å². The van der Waals surface area contributed by atoms with Gasteiger partial charge in [0.15, 0.2) is 0 Å². The molecule has 0 N–H and O–H groups in total. The third-order valence-corrected chi connectivity index (χ3v) is 3.53. The fraction of sp³-hybridized carbons (Fsp3) is 1.00.